The van der Waals surface area contributed by atoms with Crippen LogP contribution in [0.5, 0.6) is 0 Å². The molecule has 0 radical (unpaired) electrons. The van der Waals surface area contributed by atoms with Crippen LogP contribution in [0.15, 0.2) is 30.5 Å². The van der Waals surface area contributed by atoms with Crippen LogP contribution in [0, 0.1) is 34.5 Å². The van der Waals surface area contributed by atoms with Gasteiger partial charge >= 0.3 is 0 Å². The van der Waals surface area contributed by atoms with Gasteiger partial charge in [0.2, 0.25) is 0 Å². The van der Waals surface area contributed by atoms with E-state index in [9.17, 15) is 5.26 Å². The van der Waals surface area contributed by atoms with Gasteiger partial charge in [-0.1, -0.05) is 13.8 Å². The van der Waals surface area contributed by atoms with Crippen molar-refractivity contribution in [3.8, 4) is 6.07 Å². The number of fused-ring (bicyclic) bond motifs is 1. The van der Waals surface area contributed by atoms with E-state index in [-0.39, 0.29) is 0 Å². The molecule has 1 N–H and O–H groups in total. The van der Waals surface area contributed by atoms with Crippen molar-refractivity contribution >= 4 is 16.6 Å². The SMILES string of the molecule is CC(C)[C@H]1CN(c2ccc(C#N)c3ncccc23)C[C@@H]1CN1CCC2(CCNC2)C1. The summed E-state index contributed by atoms with van der Waals surface area (Å²) in [6.45, 7) is 13.1. The summed E-state index contributed by atoms with van der Waals surface area (Å²) in [5.74, 6) is 2.06. The number of likely N-dealkylation sites (tertiary alicyclic amines) is 1. The molecule has 4 heterocycles. The van der Waals surface area contributed by atoms with Gasteiger partial charge in [-0.3, -0.25) is 4.98 Å². The molecule has 0 saturated carbocycles. The van der Waals surface area contributed by atoms with Crippen LogP contribution in [0.4, 0.5) is 5.69 Å². The molecule has 0 bridgehead atoms. The number of nitrogens with zero attached hydrogens (tertiary/aromatic N) is 4. The highest BCUT2D eigenvalue weighted by atomic mass is 15.2. The second-order valence-corrected chi connectivity index (χ2v) is 10.1. The minimum atomic E-state index is 0.542. The zero-order valence-corrected chi connectivity index (χ0v) is 18.3. The van der Waals surface area contributed by atoms with Crippen LogP contribution in [0.1, 0.15) is 32.3 Å². The molecule has 1 aromatic heterocycles. The molecular weight excluding hydrogens is 370 g/mol. The number of anilines is 1. The van der Waals surface area contributed by atoms with Crippen molar-refractivity contribution in [1.82, 2.24) is 15.2 Å². The highest BCUT2D eigenvalue weighted by Crippen LogP contribution is 2.40. The van der Waals surface area contributed by atoms with Gasteiger partial charge in [0.15, 0.2) is 0 Å². The number of aromatic nitrogens is 1. The van der Waals surface area contributed by atoms with Crippen LogP contribution >= 0.6 is 0 Å². The number of nitrogens with one attached hydrogen (secondary N) is 1. The minimum Gasteiger partial charge on any atom is -0.370 e. The fraction of sp³-hybridized carbons (Fsp3) is 0.600. The van der Waals surface area contributed by atoms with Crippen LogP contribution in [0.3, 0.4) is 0 Å². The Bertz CT molecular complexity index is 956. The first kappa shape index (κ1) is 19.8. The first-order chi connectivity index (χ1) is 14.6. The number of pyridine rings is 1. The summed E-state index contributed by atoms with van der Waals surface area (Å²) >= 11 is 0. The molecule has 0 amide bonds. The lowest BCUT2D eigenvalue weighted by Gasteiger charge is -2.28. The molecule has 3 aliphatic heterocycles. The Kier molecular flexibility index (Phi) is 5.16. The van der Waals surface area contributed by atoms with E-state index in [1.54, 1.807) is 6.20 Å². The average molecular weight is 404 g/mol. The van der Waals surface area contributed by atoms with E-state index in [0.29, 0.717) is 28.7 Å². The minimum absolute atomic E-state index is 0.542. The molecule has 158 valence electrons. The predicted molar refractivity (Wildman–Crippen MR) is 121 cm³/mol. The van der Waals surface area contributed by atoms with Gasteiger partial charge in [-0.05, 0) is 73.4 Å². The van der Waals surface area contributed by atoms with E-state index in [2.05, 4.69) is 52.2 Å². The van der Waals surface area contributed by atoms with E-state index >= 15 is 0 Å². The van der Waals surface area contributed by atoms with Crippen molar-refractivity contribution in [2.24, 2.45) is 23.2 Å². The summed E-state index contributed by atoms with van der Waals surface area (Å²) in [5, 5.41) is 14.2. The van der Waals surface area contributed by atoms with E-state index < -0.39 is 0 Å². The Balaban J connectivity index is 1.37. The quantitative estimate of drug-likeness (QED) is 0.847. The maximum Gasteiger partial charge on any atom is 0.101 e. The third kappa shape index (κ3) is 3.46. The molecule has 0 aliphatic carbocycles. The average Bonchev–Trinajstić information content (AvgIpc) is 3.49. The number of rotatable bonds is 4. The highest BCUT2D eigenvalue weighted by Gasteiger charge is 2.43. The van der Waals surface area contributed by atoms with Crippen molar-refractivity contribution in [3.63, 3.8) is 0 Å². The van der Waals surface area contributed by atoms with Gasteiger partial charge in [-0.15, -0.1) is 0 Å². The summed E-state index contributed by atoms with van der Waals surface area (Å²) in [7, 11) is 0. The number of hydrogen-bond acceptors (Lipinski definition) is 5. The topological polar surface area (TPSA) is 55.2 Å². The zero-order chi connectivity index (χ0) is 20.7. The Hall–Kier alpha value is -2.16. The standard InChI is InChI=1S/C25H33N5/c1-18(2)22-15-30(23-6-5-19(12-26)24-21(23)4-3-9-28-24)14-20(22)13-29-11-8-25(17-29)7-10-27-16-25/h3-6,9,18,20,22,27H,7-8,10-11,13-17H2,1-2H3/t20-,22+,25?/m0/s1. The molecule has 5 nitrogen and oxygen atoms in total. The maximum absolute atomic E-state index is 9.48. The molecule has 3 saturated heterocycles. The third-order valence-electron chi connectivity index (χ3n) is 7.90. The van der Waals surface area contributed by atoms with Crippen LogP contribution < -0.4 is 10.2 Å². The Labute approximate surface area is 180 Å². The van der Waals surface area contributed by atoms with Crippen molar-refractivity contribution in [3.05, 3.63) is 36.0 Å². The van der Waals surface area contributed by atoms with E-state index in [4.69, 9.17) is 0 Å². The largest absolute Gasteiger partial charge is 0.370 e. The van der Waals surface area contributed by atoms with Crippen LogP contribution in [0.25, 0.3) is 10.9 Å². The molecule has 1 spiro atoms. The summed E-state index contributed by atoms with van der Waals surface area (Å²) < 4.78 is 0. The Morgan fingerprint density at radius 1 is 1.27 bits per heavy atom. The van der Waals surface area contributed by atoms with Gasteiger partial charge in [0.25, 0.3) is 0 Å². The van der Waals surface area contributed by atoms with Crippen molar-refractivity contribution in [1.29, 1.82) is 5.26 Å². The number of benzene rings is 1. The highest BCUT2D eigenvalue weighted by molar-refractivity contribution is 5.95. The van der Waals surface area contributed by atoms with Crippen LogP contribution in [-0.4, -0.2) is 55.7 Å². The second kappa shape index (κ2) is 7.83. The van der Waals surface area contributed by atoms with Gasteiger partial charge in [-0.25, -0.2) is 0 Å². The molecule has 1 aromatic carbocycles. The fourth-order valence-electron chi connectivity index (χ4n) is 6.22. The lowest BCUT2D eigenvalue weighted by Crippen LogP contribution is -2.35. The molecule has 5 heteroatoms. The first-order valence-corrected chi connectivity index (χ1v) is 11.5. The normalized spacial score (nSPS) is 29.5. The molecule has 3 atom stereocenters. The fourth-order valence-corrected chi connectivity index (χ4v) is 6.22. The second-order valence-electron chi connectivity index (χ2n) is 10.1. The zero-order valence-electron chi connectivity index (χ0n) is 18.3. The lowest BCUT2D eigenvalue weighted by molar-refractivity contribution is 0.204. The smallest absolute Gasteiger partial charge is 0.101 e. The summed E-state index contributed by atoms with van der Waals surface area (Å²) in [4.78, 5) is 9.82. The Morgan fingerprint density at radius 3 is 2.93 bits per heavy atom. The van der Waals surface area contributed by atoms with Crippen molar-refractivity contribution in [2.45, 2.75) is 26.7 Å². The molecule has 3 aliphatic rings. The van der Waals surface area contributed by atoms with Crippen molar-refractivity contribution in [2.75, 3.05) is 50.7 Å². The Morgan fingerprint density at radius 2 is 2.17 bits per heavy atom. The monoisotopic (exact) mass is 403 g/mol. The van der Waals surface area contributed by atoms with Crippen LogP contribution in [-0.2, 0) is 0 Å². The summed E-state index contributed by atoms with van der Waals surface area (Å²) in [6.07, 6.45) is 4.49. The number of nitriles is 1. The van der Waals surface area contributed by atoms with Crippen LogP contribution in [0.2, 0.25) is 0 Å². The third-order valence-corrected chi connectivity index (χ3v) is 7.90. The van der Waals surface area contributed by atoms with Gasteiger partial charge in [0.05, 0.1) is 11.1 Å². The molecule has 5 rings (SSSR count). The maximum atomic E-state index is 9.48. The molecule has 1 unspecified atom stereocenters. The summed E-state index contributed by atoms with van der Waals surface area (Å²) in [5.41, 5.74) is 3.28. The molecule has 3 fully saturated rings. The van der Waals surface area contributed by atoms with Crippen molar-refractivity contribution < 1.29 is 0 Å². The molecule has 30 heavy (non-hydrogen) atoms. The molecule has 2 aromatic rings. The summed E-state index contributed by atoms with van der Waals surface area (Å²) in [6, 6.07) is 10.5. The van der Waals surface area contributed by atoms with E-state index in [1.165, 1.54) is 51.3 Å². The number of hydrogen-bond donors (Lipinski definition) is 1. The molecular formula is C25H33N5. The lowest BCUT2D eigenvalue weighted by atomic mass is 9.85. The van der Waals surface area contributed by atoms with Gasteiger partial charge < -0.3 is 15.1 Å². The van der Waals surface area contributed by atoms with Gasteiger partial charge in [0.1, 0.15) is 6.07 Å². The van der Waals surface area contributed by atoms with Gasteiger partial charge in [-0.2, -0.15) is 5.26 Å². The van der Waals surface area contributed by atoms with Gasteiger partial charge in [0, 0.05) is 50.0 Å². The first-order valence-electron chi connectivity index (χ1n) is 11.5. The predicted octanol–water partition coefficient (Wildman–Crippen LogP) is 3.50. The van der Waals surface area contributed by atoms with E-state index in [1.807, 2.05) is 12.1 Å². The van der Waals surface area contributed by atoms with E-state index in [0.717, 1.165) is 24.0 Å².